The number of nitrogens with one attached hydrogen (secondary N) is 1. The van der Waals surface area contributed by atoms with Crippen molar-refractivity contribution in [2.75, 3.05) is 6.54 Å². The van der Waals surface area contributed by atoms with Crippen molar-refractivity contribution in [3.63, 3.8) is 0 Å². The van der Waals surface area contributed by atoms with E-state index in [2.05, 4.69) is 29.2 Å². The van der Waals surface area contributed by atoms with Crippen molar-refractivity contribution in [1.82, 2.24) is 19.9 Å². The average molecular weight is 218 g/mol. The van der Waals surface area contributed by atoms with E-state index in [0.29, 0.717) is 18.0 Å². The van der Waals surface area contributed by atoms with E-state index >= 15 is 0 Å². The summed E-state index contributed by atoms with van der Waals surface area (Å²) in [5, 5.41) is 6.94. The maximum Gasteiger partial charge on any atom is 0.255 e. The van der Waals surface area contributed by atoms with Crippen LogP contribution in [0, 0.1) is 5.92 Å². The van der Waals surface area contributed by atoms with Gasteiger partial charge >= 0.3 is 0 Å². The molecule has 0 radical (unpaired) electrons. The third kappa shape index (κ3) is 2.03. The molecule has 0 aliphatic heterocycles. The van der Waals surface area contributed by atoms with Crippen LogP contribution in [0.15, 0.2) is 24.8 Å². The molecule has 2 aromatic heterocycles. The molecular weight excluding hydrogens is 204 g/mol. The zero-order valence-electron chi connectivity index (χ0n) is 9.34. The lowest BCUT2D eigenvalue weighted by atomic mass is 10.2. The maximum atomic E-state index is 11.8. The molecule has 2 heterocycles. The first-order valence-corrected chi connectivity index (χ1v) is 5.24. The molecule has 0 spiro atoms. The minimum Gasteiger partial charge on any atom is -0.352 e. The van der Waals surface area contributed by atoms with Crippen LogP contribution in [0.3, 0.4) is 0 Å². The summed E-state index contributed by atoms with van der Waals surface area (Å²) in [6.45, 7) is 4.77. The third-order valence-electron chi connectivity index (χ3n) is 2.24. The van der Waals surface area contributed by atoms with Crippen molar-refractivity contribution < 1.29 is 4.79 Å². The molecule has 0 aliphatic rings. The van der Waals surface area contributed by atoms with Gasteiger partial charge in [0.2, 0.25) is 0 Å². The highest BCUT2D eigenvalue weighted by Crippen LogP contribution is 2.08. The molecule has 0 saturated carbocycles. The minimum absolute atomic E-state index is 0.100. The van der Waals surface area contributed by atoms with E-state index in [9.17, 15) is 4.79 Å². The van der Waals surface area contributed by atoms with Gasteiger partial charge in [0.15, 0.2) is 0 Å². The zero-order valence-corrected chi connectivity index (χ0v) is 9.34. The highest BCUT2D eigenvalue weighted by atomic mass is 16.1. The molecule has 2 aromatic rings. The Morgan fingerprint density at radius 1 is 1.50 bits per heavy atom. The Labute approximate surface area is 93.5 Å². The van der Waals surface area contributed by atoms with Gasteiger partial charge in [-0.15, -0.1) is 0 Å². The van der Waals surface area contributed by atoms with E-state index in [1.807, 2.05) is 0 Å². The summed E-state index contributed by atoms with van der Waals surface area (Å²) in [6.07, 6.45) is 6.55. The molecule has 0 unspecified atom stereocenters. The number of aromatic nitrogens is 3. The summed E-state index contributed by atoms with van der Waals surface area (Å²) in [6, 6.07) is 0. The Morgan fingerprint density at radius 3 is 3.06 bits per heavy atom. The van der Waals surface area contributed by atoms with Crippen LogP contribution < -0.4 is 5.32 Å². The van der Waals surface area contributed by atoms with Gasteiger partial charge in [-0.1, -0.05) is 13.8 Å². The Balaban J connectivity index is 2.23. The van der Waals surface area contributed by atoms with Gasteiger partial charge in [0.05, 0.1) is 23.5 Å². The molecule has 0 saturated heterocycles. The smallest absolute Gasteiger partial charge is 0.255 e. The topological polar surface area (TPSA) is 59.3 Å². The van der Waals surface area contributed by atoms with Gasteiger partial charge in [-0.3, -0.25) is 9.78 Å². The fraction of sp³-hybridized carbons (Fsp3) is 0.364. The van der Waals surface area contributed by atoms with Crippen molar-refractivity contribution >= 4 is 11.4 Å². The molecule has 84 valence electrons. The first-order chi connectivity index (χ1) is 7.68. The summed E-state index contributed by atoms with van der Waals surface area (Å²) in [5.74, 6) is 0.334. The van der Waals surface area contributed by atoms with Crippen molar-refractivity contribution in [1.29, 1.82) is 0 Å². The van der Waals surface area contributed by atoms with Crippen LogP contribution in [0.4, 0.5) is 0 Å². The average Bonchev–Trinajstić information content (AvgIpc) is 2.69. The summed E-state index contributed by atoms with van der Waals surface area (Å²) >= 11 is 0. The maximum absolute atomic E-state index is 11.8. The number of rotatable bonds is 3. The number of amides is 1. The predicted octanol–water partition coefficient (Wildman–Crippen LogP) is 1.12. The highest BCUT2D eigenvalue weighted by molar-refractivity contribution is 6.00. The van der Waals surface area contributed by atoms with Gasteiger partial charge in [-0.05, 0) is 5.92 Å². The van der Waals surface area contributed by atoms with Crippen LogP contribution in [-0.4, -0.2) is 27.0 Å². The Morgan fingerprint density at radius 2 is 2.31 bits per heavy atom. The second-order valence-corrected chi connectivity index (χ2v) is 4.07. The summed E-state index contributed by atoms with van der Waals surface area (Å²) in [7, 11) is 0. The molecule has 5 nitrogen and oxygen atoms in total. The molecule has 0 fully saturated rings. The monoisotopic (exact) mass is 218 g/mol. The van der Waals surface area contributed by atoms with Crippen LogP contribution in [0.5, 0.6) is 0 Å². The third-order valence-corrected chi connectivity index (χ3v) is 2.24. The van der Waals surface area contributed by atoms with Gasteiger partial charge in [0, 0.05) is 18.9 Å². The van der Waals surface area contributed by atoms with E-state index in [0.717, 1.165) is 5.52 Å². The summed E-state index contributed by atoms with van der Waals surface area (Å²) in [4.78, 5) is 15.8. The van der Waals surface area contributed by atoms with Gasteiger partial charge in [-0.25, -0.2) is 4.52 Å². The Hall–Kier alpha value is -1.91. The molecule has 16 heavy (non-hydrogen) atoms. The van der Waals surface area contributed by atoms with E-state index in [-0.39, 0.29) is 5.91 Å². The van der Waals surface area contributed by atoms with Gasteiger partial charge in [0.1, 0.15) is 0 Å². The standard InChI is InChI=1S/C11H14N4O/c1-8(2)5-13-11(16)9-6-14-15-4-3-12-7-10(9)15/h3-4,6-8H,5H2,1-2H3,(H,13,16). The van der Waals surface area contributed by atoms with Gasteiger partial charge in [0.25, 0.3) is 5.91 Å². The Bertz CT molecular complexity index is 503. The number of hydrogen-bond acceptors (Lipinski definition) is 3. The van der Waals surface area contributed by atoms with Gasteiger partial charge in [-0.2, -0.15) is 5.10 Å². The van der Waals surface area contributed by atoms with Crippen molar-refractivity contribution in [2.24, 2.45) is 5.92 Å². The lowest BCUT2D eigenvalue weighted by molar-refractivity contribution is 0.0950. The van der Waals surface area contributed by atoms with Crippen LogP contribution in [0.25, 0.3) is 5.52 Å². The molecule has 2 rings (SSSR count). The molecule has 0 aromatic carbocycles. The molecule has 0 aliphatic carbocycles. The second kappa shape index (κ2) is 4.30. The number of fused-ring (bicyclic) bond motifs is 1. The van der Waals surface area contributed by atoms with Crippen LogP contribution >= 0.6 is 0 Å². The minimum atomic E-state index is -0.100. The first-order valence-electron chi connectivity index (χ1n) is 5.24. The van der Waals surface area contributed by atoms with E-state index < -0.39 is 0 Å². The first kappa shape index (κ1) is 10.6. The summed E-state index contributed by atoms with van der Waals surface area (Å²) in [5.41, 5.74) is 1.29. The van der Waals surface area contributed by atoms with Crippen molar-refractivity contribution in [3.05, 3.63) is 30.4 Å². The molecule has 1 amide bonds. The number of carbonyl (C=O) groups is 1. The van der Waals surface area contributed by atoms with E-state index in [4.69, 9.17) is 0 Å². The quantitative estimate of drug-likeness (QED) is 0.839. The number of hydrogen-bond donors (Lipinski definition) is 1. The van der Waals surface area contributed by atoms with E-state index in [1.54, 1.807) is 29.3 Å². The second-order valence-electron chi connectivity index (χ2n) is 4.07. The van der Waals surface area contributed by atoms with Crippen LogP contribution in [0.2, 0.25) is 0 Å². The highest BCUT2D eigenvalue weighted by Gasteiger charge is 2.12. The lowest BCUT2D eigenvalue weighted by Gasteiger charge is -2.06. The summed E-state index contributed by atoms with van der Waals surface area (Å²) < 4.78 is 1.64. The van der Waals surface area contributed by atoms with Crippen LogP contribution in [0.1, 0.15) is 24.2 Å². The fourth-order valence-corrected chi connectivity index (χ4v) is 1.40. The van der Waals surface area contributed by atoms with Gasteiger partial charge < -0.3 is 5.32 Å². The lowest BCUT2D eigenvalue weighted by Crippen LogP contribution is -2.27. The predicted molar refractivity (Wildman–Crippen MR) is 60.2 cm³/mol. The molecular formula is C11H14N4O. The molecule has 1 N–H and O–H groups in total. The number of nitrogens with zero attached hydrogens (tertiary/aromatic N) is 3. The fourth-order valence-electron chi connectivity index (χ4n) is 1.40. The van der Waals surface area contributed by atoms with E-state index in [1.165, 1.54) is 0 Å². The zero-order chi connectivity index (χ0) is 11.5. The molecule has 0 bridgehead atoms. The molecule has 0 atom stereocenters. The van der Waals surface area contributed by atoms with Crippen molar-refractivity contribution in [3.8, 4) is 0 Å². The molecule has 5 heteroatoms. The SMILES string of the molecule is CC(C)CNC(=O)c1cnn2ccncc12. The Kier molecular flexibility index (Phi) is 2.85. The normalized spacial score (nSPS) is 10.9. The van der Waals surface area contributed by atoms with Crippen molar-refractivity contribution in [2.45, 2.75) is 13.8 Å². The largest absolute Gasteiger partial charge is 0.352 e. The number of carbonyl (C=O) groups excluding carboxylic acids is 1. The van der Waals surface area contributed by atoms with Crippen LogP contribution in [-0.2, 0) is 0 Å².